The van der Waals surface area contributed by atoms with Crippen LogP contribution in [0.3, 0.4) is 0 Å². The van der Waals surface area contributed by atoms with Crippen LogP contribution in [0.25, 0.3) is 0 Å². The van der Waals surface area contributed by atoms with Gasteiger partial charge in [-0.2, -0.15) is 0 Å². The van der Waals surface area contributed by atoms with Gasteiger partial charge in [0.25, 0.3) is 0 Å². The highest BCUT2D eigenvalue weighted by Crippen LogP contribution is 2.34. The molecular weight excluding hydrogens is 306 g/mol. The molecule has 94 valence electrons. The van der Waals surface area contributed by atoms with Gasteiger partial charge < -0.3 is 4.90 Å². The molecule has 2 heterocycles. The number of hydrogen-bond acceptors (Lipinski definition) is 2. The van der Waals surface area contributed by atoms with Gasteiger partial charge in [0, 0.05) is 21.1 Å². The summed E-state index contributed by atoms with van der Waals surface area (Å²) in [5, 5.41) is 2.15. The highest BCUT2D eigenvalue weighted by Gasteiger charge is 2.23. The van der Waals surface area contributed by atoms with Crippen molar-refractivity contribution in [3.8, 4) is 0 Å². The van der Waals surface area contributed by atoms with Crippen LogP contribution in [0.4, 0.5) is 5.69 Å². The molecule has 1 aromatic carbocycles. The SMILES string of the molecule is CC1CCc2ccccc2N1Cc1sccc1Br. The highest BCUT2D eigenvalue weighted by molar-refractivity contribution is 9.10. The standard InChI is InChI=1S/C15H16BrNS/c1-11-6-7-12-4-2-3-5-14(12)17(11)10-15-13(16)8-9-18-15/h2-5,8-9,11H,6-7,10H2,1H3. The lowest BCUT2D eigenvalue weighted by molar-refractivity contribution is 0.562. The monoisotopic (exact) mass is 321 g/mol. The summed E-state index contributed by atoms with van der Waals surface area (Å²) in [6.07, 6.45) is 2.46. The van der Waals surface area contributed by atoms with Crippen molar-refractivity contribution in [2.75, 3.05) is 4.90 Å². The first-order valence-electron chi connectivity index (χ1n) is 6.32. The molecule has 1 atom stereocenters. The smallest absolute Gasteiger partial charge is 0.0537 e. The lowest BCUT2D eigenvalue weighted by atomic mass is 9.96. The third kappa shape index (κ3) is 2.21. The molecule has 3 heteroatoms. The second-order valence-electron chi connectivity index (χ2n) is 4.84. The van der Waals surface area contributed by atoms with E-state index in [1.54, 1.807) is 0 Å². The second kappa shape index (κ2) is 5.06. The van der Waals surface area contributed by atoms with E-state index in [0.29, 0.717) is 6.04 Å². The summed E-state index contributed by atoms with van der Waals surface area (Å²) in [4.78, 5) is 3.95. The summed E-state index contributed by atoms with van der Waals surface area (Å²) in [6.45, 7) is 3.34. The molecule has 0 spiro atoms. The first-order valence-corrected chi connectivity index (χ1v) is 7.99. The number of fused-ring (bicyclic) bond motifs is 1. The Balaban J connectivity index is 1.93. The molecule has 0 fully saturated rings. The second-order valence-corrected chi connectivity index (χ2v) is 6.69. The van der Waals surface area contributed by atoms with Crippen LogP contribution in [-0.4, -0.2) is 6.04 Å². The number of aryl methyl sites for hydroxylation is 1. The average molecular weight is 322 g/mol. The van der Waals surface area contributed by atoms with E-state index in [1.165, 1.54) is 33.4 Å². The van der Waals surface area contributed by atoms with Gasteiger partial charge in [-0.15, -0.1) is 11.3 Å². The van der Waals surface area contributed by atoms with Gasteiger partial charge in [-0.25, -0.2) is 0 Å². The van der Waals surface area contributed by atoms with Crippen LogP contribution >= 0.6 is 27.3 Å². The molecule has 1 aliphatic rings. The van der Waals surface area contributed by atoms with Crippen molar-refractivity contribution in [1.29, 1.82) is 0 Å². The number of nitrogens with zero attached hydrogens (tertiary/aromatic N) is 1. The third-order valence-electron chi connectivity index (χ3n) is 3.67. The van der Waals surface area contributed by atoms with E-state index in [1.807, 2.05) is 11.3 Å². The molecule has 0 bridgehead atoms. The van der Waals surface area contributed by atoms with Gasteiger partial charge in [-0.1, -0.05) is 18.2 Å². The number of para-hydroxylation sites is 1. The van der Waals surface area contributed by atoms with Crippen molar-refractivity contribution >= 4 is 33.0 Å². The van der Waals surface area contributed by atoms with Crippen molar-refractivity contribution in [3.63, 3.8) is 0 Å². The number of hydrogen-bond donors (Lipinski definition) is 0. The Bertz CT molecular complexity index is 549. The Hall–Kier alpha value is -0.800. The van der Waals surface area contributed by atoms with Gasteiger partial charge in [0.2, 0.25) is 0 Å². The number of benzene rings is 1. The summed E-state index contributed by atoms with van der Waals surface area (Å²) >= 11 is 5.47. The van der Waals surface area contributed by atoms with Crippen molar-refractivity contribution < 1.29 is 0 Å². The number of anilines is 1. The van der Waals surface area contributed by atoms with E-state index < -0.39 is 0 Å². The Kier molecular flexibility index (Phi) is 3.44. The topological polar surface area (TPSA) is 3.24 Å². The minimum Gasteiger partial charge on any atom is -0.363 e. The molecule has 1 nitrogen and oxygen atoms in total. The first kappa shape index (κ1) is 12.2. The molecule has 0 radical (unpaired) electrons. The van der Waals surface area contributed by atoms with E-state index in [2.05, 4.69) is 63.5 Å². The highest BCUT2D eigenvalue weighted by atomic mass is 79.9. The molecule has 2 aromatic rings. The Morgan fingerprint density at radius 1 is 1.33 bits per heavy atom. The largest absolute Gasteiger partial charge is 0.363 e. The summed E-state index contributed by atoms with van der Waals surface area (Å²) in [5.74, 6) is 0. The minimum absolute atomic E-state index is 0.619. The molecule has 0 saturated carbocycles. The van der Waals surface area contributed by atoms with Gasteiger partial charge in [0.05, 0.1) is 6.54 Å². The van der Waals surface area contributed by atoms with Crippen molar-refractivity contribution in [2.24, 2.45) is 0 Å². The Labute approximate surface area is 121 Å². The predicted molar refractivity (Wildman–Crippen MR) is 82.4 cm³/mol. The maximum absolute atomic E-state index is 3.64. The van der Waals surface area contributed by atoms with Gasteiger partial charge in [0.1, 0.15) is 0 Å². The van der Waals surface area contributed by atoms with Crippen LogP contribution in [0.2, 0.25) is 0 Å². The van der Waals surface area contributed by atoms with Gasteiger partial charge in [-0.3, -0.25) is 0 Å². The fraction of sp³-hybridized carbons (Fsp3) is 0.333. The zero-order valence-electron chi connectivity index (χ0n) is 10.4. The normalized spacial score (nSPS) is 18.8. The van der Waals surface area contributed by atoms with Crippen molar-refractivity contribution in [3.05, 3.63) is 50.6 Å². The zero-order chi connectivity index (χ0) is 12.5. The predicted octanol–water partition coefficient (Wildman–Crippen LogP) is 4.85. The Morgan fingerprint density at radius 3 is 2.94 bits per heavy atom. The summed E-state index contributed by atoms with van der Waals surface area (Å²) in [7, 11) is 0. The summed E-state index contributed by atoms with van der Waals surface area (Å²) in [6, 6.07) is 11.6. The lowest BCUT2D eigenvalue weighted by Crippen LogP contribution is -2.36. The average Bonchev–Trinajstić information content (AvgIpc) is 2.79. The number of thiophene rings is 1. The number of halogens is 1. The molecule has 0 amide bonds. The van der Waals surface area contributed by atoms with Crippen molar-refractivity contribution in [2.45, 2.75) is 32.4 Å². The van der Waals surface area contributed by atoms with Crippen LogP contribution in [0.1, 0.15) is 23.8 Å². The molecule has 3 rings (SSSR count). The molecule has 0 aliphatic carbocycles. The number of rotatable bonds is 2. The molecule has 18 heavy (non-hydrogen) atoms. The molecule has 1 unspecified atom stereocenters. The van der Waals surface area contributed by atoms with E-state index in [0.717, 1.165) is 6.54 Å². The third-order valence-corrected chi connectivity index (χ3v) is 5.58. The molecule has 1 aliphatic heterocycles. The molecule has 0 N–H and O–H groups in total. The van der Waals surface area contributed by atoms with E-state index in [-0.39, 0.29) is 0 Å². The van der Waals surface area contributed by atoms with Crippen LogP contribution in [0, 0.1) is 0 Å². The molecular formula is C15H16BrNS. The van der Waals surface area contributed by atoms with Gasteiger partial charge >= 0.3 is 0 Å². The quantitative estimate of drug-likeness (QED) is 0.764. The maximum atomic E-state index is 3.64. The lowest BCUT2D eigenvalue weighted by Gasteiger charge is -2.37. The Morgan fingerprint density at radius 2 is 2.17 bits per heavy atom. The van der Waals surface area contributed by atoms with E-state index >= 15 is 0 Å². The van der Waals surface area contributed by atoms with Crippen LogP contribution < -0.4 is 4.90 Å². The fourth-order valence-corrected chi connectivity index (χ4v) is 4.07. The molecule has 1 aromatic heterocycles. The fourth-order valence-electron chi connectivity index (χ4n) is 2.59. The zero-order valence-corrected chi connectivity index (χ0v) is 12.8. The summed E-state index contributed by atoms with van der Waals surface area (Å²) < 4.78 is 1.24. The van der Waals surface area contributed by atoms with Crippen LogP contribution in [0.5, 0.6) is 0 Å². The first-order chi connectivity index (χ1) is 8.75. The van der Waals surface area contributed by atoms with E-state index in [4.69, 9.17) is 0 Å². The van der Waals surface area contributed by atoms with Crippen LogP contribution in [0.15, 0.2) is 40.2 Å². The van der Waals surface area contributed by atoms with E-state index in [9.17, 15) is 0 Å². The maximum Gasteiger partial charge on any atom is 0.0537 e. The minimum atomic E-state index is 0.619. The van der Waals surface area contributed by atoms with Crippen molar-refractivity contribution in [1.82, 2.24) is 0 Å². The summed E-state index contributed by atoms with van der Waals surface area (Å²) in [5.41, 5.74) is 2.90. The van der Waals surface area contributed by atoms with Gasteiger partial charge in [0.15, 0.2) is 0 Å². The van der Waals surface area contributed by atoms with Gasteiger partial charge in [-0.05, 0) is 58.8 Å². The molecule has 0 saturated heterocycles. The van der Waals surface area contributed by atoms with Crippen LogP contribution in [-0.2, 0) is 13.0 Å².